The van der Waals surface area contributed by atoms with E-state index in [4.69, 9.17) is 21.3 Å². The van der Waals surface area contributed by atoms with Crippen LogP contribution in [0.25, 0.3) is 21.7 Å². The number of hydrogen-bond acceptors (Lipinski definition) is 5. The van der Waals surface area contributed by atoms with Gasteiger partial charge in [-0.3, -0.25) is 14.3 Å². The lowest BCUT2D eigenvalue weighted by Crippen LogP contribution is -2.31. The minimum atomic E-state index is -0.454. The summed E-state index contributed by atoms with van der Waals surface area (Å²) < 4.78 is 6.83. The minimum Gasteiger partial charge on any atom is -0.465 e. The second kappa shape index (κ2) is 12.9. The van der Waals surface area contributed by atoms with Gasteiger partial charge >= 0.3 is 5.97 Å². The molecule has 0 bridgehead atoms. The van der Waals surface area contributed by atoms with E-state index in [1.807, 2.05) is 30.3 Å². The Morgan fingerprint density at radius 2 is 1.77 bits per heavy atom. The van der Waals surface area contributed by atoms with Crippen LogP contribution in [-0.2, 0) is 17.6 Å². The van der Waals surface area contributed by atoms with Gasteiger partial charge in [0.2, 0.25) is 0 Å². The van der Waals surface area contributed by atoms with E-state index >= 15 is 0 Å². The molecule has 1 unspecified atom stereocenters. The Labute approximate surface area is 240 Å². The number of unbranched alkanes of at least 4 members (excludes halogenated alkanes) is 5. The Bertz CT molecular complexity index is 1580. The van der Waals surface area contributed by atoms with Gasteiger partial charge in [-0.05, 0) is 68.4 Å². The second-order valence-corrected chi connectivity index (χ2v) is 11.2. The van der Waals surface area contributed by atoms with Crippen molar-refractivity contribution >= 4 is 44.9 Å². The third kappa shape index (κ3) is 5.87. The molecule has 0 spiro atoms. The van der Waals surface area contributed by atoms with Crippen LogP contribution in [0.4, 0.5) is 5.69 Å². The molecule has 0 saturated heterocycles. The van der Waals surface area contributed by atoms with Crippen LogP contribution in [0.2, 0.25) is 5.02 Å². The van der Waals surface area contributed by atoms with E-state index in [2.05, 4.69) is 12.2 Å². The Hall–Kier alpha value is -3.38. The van der Waals surface area contributed by atoms with Crippen LogP contribution < -0.4 is 10.9 Å². The largest absolute Gasteiger partial charge is 0.465 e. The van der Waals surface area contributed by atoms with Gasteiger partial charge in [-0.1, -0.05) is 68.8 Å². The number of rotatable bonds is 11. The van der Waals surface area contributed by atoms with Crippen molar-refractivity contribution in [2.24, 2.45) is 0 Å². The molecule has 0 radical (unpaired) electrons. The maximum Gasteiger partial charge on any atom is 0.339 e. The van der Waals surface area contributed by atoms with Crippen LogP contribution in [0, 0.1) is 0 Å². The molecule has 1 aliphatic rings. The molecule has 5 rings (SSSR count). The van der Waals surface area contributed by atoms with E-state index in [1.54, 1.807) is 22.9 Å². The number of ether oxygens (including phenoxy) is 1. The number of methoxy groups -OCH3 is 1. The first-order valence-electron chi connectivity index (χ1n) is 14.6. The summed E-state index contributed by atoms with van der Waals surface area (Å²) in [6.45, 7) is 2.22. The molecule has 1 N–H and O–H groups in total. The average molecular weight is 560 g/mol. The highest BCUT2D eigenvalue weighted by Gasteiger charge is 2.24. The van der Waals surface area contributed by atoms with E-state index in [-0.39, 0.29) is 11.7 Å². The maximum atomic E-state index is 13.9. The highest BCUT2D eigenvalue weighted by molar-refractivity contribution is 6.31. The predicted molar refractivity (Wildman–Crippen MR) is 164 cm³/mol. The molecular weight excluding hydrogens is 522 g/mol. The van der Waals surface area contributed by atoms with Crippen molar-refractivity contribution < 1.29 is 9.53 Å². The summed E-state index contributed by atoms with van der Waals surface area (Å²) in [5, 5.41) is 6.57. The Morgan fingerprint density at radius 1 is 1.02 bits per heavy atom. The van der Waals surface area contributed by atoms with E-state index in [0.717, 1.165) is 67.2 Å². The van der Waals surface area contributed by atoms with Gasteiger partial charge in [0.1, 0.15) is 6.17 Å². The number of carbonyl (C=O) groups is 1. The number of hydrogen-bond donors (Lipinski definition) is 1. The first-order chi connectivity index (χ1) is 19.5. The molecule has 7 heteroatoms. The smallest absolute Gasteiger partial charge is 0.339 e. The average Bonchev–Trinajstić information content (AvgIpc) is 2.98. The van der Waals surface area contributed by atoms with Gasteiger partial charge in [-0.25, -0.2) is 4.79 Å². The number of aromatic nitrogens is 2. The van der Waals surface area contributed by atoms with Crippen molar-refractivity contribution in [3.8, 4) is 0 Å². The monoisotopic (exact) mass is 559 g/mol. The number of fused-ring (bicyclic) bond motifs is 3. The zero-order chi connectivity index (χ0) is 28.1. The summed E-state index contributed by atoms with van der Waals surface area (Å²) in [5.74, 6) is -0.454. The summed E-state index contributed by atoms with van der Waals surface area (Å²) in [4.78, 5) is 31.8. The van der Waals surface area contributed by atoms with Gasteiger partial charge in [-0.15, -0.1) is 0 Å². The van der Waals surface area contributed by atoms with Crippen LogP contribution >= 0.6 is 11.6 Å². The molecule has 0 aliphatic heterocycles. The van der Waals surface area contributed by atoms with Crippen molar-refractivity contribution in [3.63, 3.8) is 0 Å². The topological polar surface area (TPSA) is 73.2 Å². The van der Waals surface area contributed by atoms with Crippen LogP contribution in [0.3, 0.4) is 0 Å². The maximum absolute atomic E-state index is 13.9. The fourth-order valence-electron chi connectivity index (χ4n) is 5.94. The molecule has 6 nitrogen and oxygen atoms in total. The van der Waals surface area contributed by atoms with Crippen LogP contribution in [0.5, 0.6) is 0 Å². The minimum absolute atomic E-state index is 0.123. The first-order valence-corrected chi connectivity index (χ1v) is 15.0. The number of carbonyl (C=O) groups excluding carboxylic acids is 1. The van der Waals surface area contributed by atoms with Gasteiger partial charge in [0.05, 0.1) is 23.9 Å². The quantitative estimate of drug-likeness (QED) is 0.148. The molecule has 2 heterocycles. The molecule has 1 atom stereocenters. The van der Waals surface area contributed by atoms with E-state index in [9.17, 15) is 9.59 Å². The number of nitrogens with zero attached hydrogens (tertiary/aromatic N) is 2. The lowest BCUT2D eigenvalue weighted by molar-refractivity contribution is 0.0602. The number of anilines is 1. The second-order valence-electron chi connectivity index (χ2n) is 10.8. The molecular formula is C33H38ClN3O3. The lowest BCUT2D eigenvalue weighted by Gasteiger charge is -2.28. The number of pyridine rings is 2. The first kappa shape index (κ1) is 28.2. The Morgan fingerprint density at radius 3 is 2.58 bits per heavy atom. The zero-order valence-electron chi connectivity index (χ0n) is 23.5. The third-order valence-corrected chi connectivity index (χ3v) is 8.29. The van der Waals surface area contributed by atoms with Gasteiger partial charge in [0.25, 0.3) is 5.56 Å². The number of esters is 1. The van der Waals surface area contributed by atoms with Crippen LogP contribution in [0.15, 0.2) is 53.5 Å². The Kier molecular flexibility index (Phi) is 9.05. The molecule has 0 saturated carbocycles. The molecule has 2 aromatic heterocycles. The summed E-state index contributed by atoms with van der Waals surface area (Å²) in [7, 11) is 1.37. The number of halogens is 1. The molecule has 1 aliphatic carbocycles. The lowest BCUT2D eigenvalue weighted by atomic mass is 9.92. The highest BCUT2D eigenvalue weighted by atomic mass is 35.5. The summed E-state index contributed by atoms with van der Waals surface area (Å²) in [6, 6.07) is 13.1. The van der Waals surface area contributed by atoms with Crippen molar-refractivity contribution in [2.45, 2.75) is 83.7 Å². The molecule has 40 heavy (non-hydrogen) atoms. The van der Waals surface area contributed by atoms with E-state index in [0.29, 0.717) is 21.4 Å². The number of aryl methyl sites for hydroxylation is 1. The SMILES string of the molecule is CCCCCCCCC(Nc1c2c(nc3cc(Cl)ccc13)CCCC2)n1cc(C(=O)OC)c2ccccc2c1=O. The fraction of sp³-hybridized carbons (Fsp3) is 0.424. The van der Waals surface area contributed by atoms with Gasteiger partial charge in [0.15, 0.2) is 0 Å². The number of nitrogens with one attached hydrogen (secondary N) is 1. The van der Waals surface area contributed by atoms with Crippen molar-refractivity contribution in [1.29, 1.82) is 0 Å². The van der Waals surface area contributed by atoms with E-state index < -0.39 is 5.97 Å². The van der Waals surface area contributed by atoms with Gasteiger partial charge < -0.3 is 10.1 Å². The standard InChI is InChI=1S/C33H38ClN3O3/c1-3-4-5-6-7-8-17-30(37-21-27(33(39)40-2)23-13-9-10-14-24(23)32(37)38)36-31-25-15-11-12-16-28(25)35-29-20-22(34)18-19-26(29)31/h9-10,13-14,18-21,30H,3-8,11-12,15-17H2,1-2H3,(H,35,36). The van der Waals surface area contributed by atoms with Crippen molar-refractivity contribution in [3.05, 3.63) is 80.9 Å². The van der Waals surface area contributed by atoms with E-state index in [1.165, 1.54) is 38.4 Å². The van der Waals surface area contributed by atoms with Gasteiger partial charge in [0, 0.05) is 33.1 Å². The predicted octanol–water partition coefficient (Wildman–Crippen LogP) is 8.23. The highest BCUT2D eigenvalue weighted by Crippen LogP contribution is 2.36. The molecule has 0 fully saturated rings. The molecule has 2 aromatic carbocycles. The van der Waals surface area contributed by atoms with Crippen molar-refractivity contribution in [2.75, 3.05) is 12.4 Å². The summed E-state index contributed by atoms with van der Waals surface area (Å²) in [6.07, 6.45) is 13.1. The van der Waals surface area contributed by atoms with Crippen LogP contribution in [-0.4, -0.2) is 22.6 Å². The van der Waals surface area contributed by atoms with Crippen LogP contribution in [0.1, 0.15) is 92.5 Å². The number of benzene rings is 2. The molecule has 0 amide bonds. The zero-order valence-corrected chi connectivity index (χ0v) is 24.2. The third-order valence-electron chi connectivity index (χ3n) is 8.06. The summed E-state index contributed by atoms with van der Waals surface area (Å²) >= 11 is 6.36. The summed E-state index contributed by atoms with van der Waals surface area (Å²) in [5.41, 5.74) is 4.46. The fourth-order valence-corrected chi connectivity index (χ4v) is 6.11. The molecule has 210 valence electrons. The molecule has 4 aromatic rings. The van der Waals surface area contributed by atoms with Gasteiger partial charge in [-0.2, -0.15) is 0 Å². The normalized spacial score (nSPS) is 13.8. The Balaban J connectivity index is 1.62. The van der Waals surface area contributed by atoms with Crippen molar-refractivity contribution in [1.82, 2.24) is 9.55 Å².